The van der Waals surface area contributed by atoms with Crippen LogP contribution in [0.25, 0.3) is 0 Å². The first kappa shape index (κ1) is 20.1. The highest BCUT2D eigenvalue weighted by Crippen LogP contribution is 2.48. The first-order valence-electron chi connectivity index (χ1n) is 10.0. The van der Waals surface area contributed by atoms with Crippen molar-refractivity contribution in [2.75, 3.05) is 0 Å². The van der Waals surface area contributed by atoms with Gasteiger partial charge in [-0.2, -0.15) is 0 Å². The van der Waals surface area contributed by atoms with Gasteiger partial charge in [0.05, 0.1) is 4.92 Å². The van der Waals surface area contributed by atoms with E-state index in [0.29, 0.717) is 12.0 Å². The molecule has 1 aliphatic carbocycles. The Bertz CT molecular complexity index is 955. The molecule has 1 fully saturated rings. The van der Waals surface area contributed by atoms with Crippen molar-refractivity contribution in [2.45, 2.75) is 44.0 Å². The van der Waals surface area contributed by atoms with Crippen LogP contribution in [0.5, 0.6) is 0 Å². The molecule has 0 radical (unpaired) electrons. The smallest absolute Gasteiger partial charge is 0.373 e. The number of benzene rings is 2. The van der Waals surface area contributed by atoms with Crippen molar-refractivity contribution in [1.82, 2.24) is 0 Å². The standard InChI is InChI=1S/C23H23NO6/c25-22(29-15-16-9-11-18(12-10-16)24(27)28)21-14-19(17-6-2-1-3-7-17)20-8-4-5-13-23(20,26)30-21/h1-3,6-7,9-12,14,19-20,26H,4-5,8,13,15H2/t19-,20-,23+/m0/s1. The van der Waals surface area contributed by atoms with Crippen molar-refractivity contribution in [3.8, 4) is 0 Å². The number of ether oxygens (including phenoxy) is 2. The van der Waals surface area contributed by atoms with E-state index in [4.69, 9.17) is 9.47 Å². The van der Waals surface area contributed by atoms with E-state index in [-0.39, 0.29) is 29.9 Å². The Morgan fingerprint density at radius 2 is 1.90 bits per heavy atom. The number of carbonyl (C=O) groups is 1. The number of nitro groups is 1. The second-order valence-corrected chi connectivity index (χ2v) is 7.77. The lowest BCUT2D eigenvalue weighted by Crippen LogP contribution is -2.48. The maximum absolute atomic E-state index is 12.7. The molecule has 7 heteroatoms. The maximum Gasteiger partial charge on any atom is 0.373 e. The Labute approximate surface area is 174 Å². The minimum absolute atomic E-state index is 0.00594. The van der Waals surface area contributed by atoms with Crippen LogP contribution in [0.3, 0.4) is 0 Å². The first-order valence-corrected chi connectivity index (χ1v) is 10.0. The van der Waals surface area contributed by atoms with Crippen molar-refractivity contribution in [1.29, 1.82) is 0 Å². The third-order valence-electron chi connectivity index (χ3n) is 5.83. The van der Waals surface area contributed by atoms with Gasteiger partial charge in [0.1, 0.15) is 6.61 Å². The molecule has 156 valence electrons. The van der Waals surface area contributed by atoms with Crippen LogP contribution in [-0.2, 0) is 20.9 Å². The summed E-state index contributed by atoms with van der Waals surface area (Å²) in [5.74, 6) is -2.32. The molecule has 1 N–H and O–H groups in total. The third kappa shape index (κ3) is 4.07. The number of esters is 1. The molecule has 1 heterocycles. The van der Waals surface area contributed by atoms with Crippen molar-refractivity contribution in [2.24, 2.45) is 5.92 Å². The van der Waals surface area contributed by atoms with Gasteiger partial charge in [-0.25, -0.2) is 4.79 Å². The molecular weight excluding hydrogens is 386 g/mol. The quantitative estimate of drug-likeness (QED) is 0.451. The molecule has 0 bridgehead atoms. The summed E-state index contributed by atoms with van der Waals surface area (Å²) in [6.45, 7) is -0.0462. The fourth-order valence-corrected chi connectivity index (χ4v) is 4.29. The maximum atomic E-state index is 12.7. The highest BCUT2D eigenvalue weighted by atomic mass is 16.6. The summed E-state index contributed by atoms with van der Waals surface area (Å²) in [6, 6.07) is 15.6. The molecule has 1 saturated carbocycles. The monoisotopic (exact) mass is 409 g/mol. The lowest BCUT2D eigenvalue weighted by molar-refractivity contribution is -0.384. The highest BCUT2D eigenvalue weighted by molar-refractivity contribution is 5.86. The van der Waals surface area contributed by atoms with Gasteiger partial charge in [-0.05, 0) is 42.2 Å². The van der Waals surface area contributed by atoms with Gasteiger partial charge in [-0.15, -0.1) is 0 Å². The van der Waals surface area contributed by atoms with E-state index in [1.807, 2.05) is 30.3 Å². The number of aliphatic hydroxyl groups is 1. The van der Waals surface area contributed by atoms with Crippen molar-refractivity contribution < 1.29 is 24.3 Å². The van der Waals surface area contributed by atoms with Gasteiger partial charge < -0.3 is 14.6 Å². The van der Waals surface area contributed by atoms with Gasteiger partial charge in [-0.3, -0.25) is 10.1 Å². The number of nitro benzene ring substituents is 1. The number of rotatable bonds is 5. The van der Waals surface area contributed by atoms with E-state index in [1.54, 1.807) is 18.2 Å². The fourth-order valence-electron chi connectivity index (χ4n) is 4.29. The number of allylic oxidation sites excluding steroid dienone is 1. The second-order valence-electron chi connectivity index (χ2n) is 7.77. The van der Waals surface area contributed by atoms with E-state index in [0.717, 1.165) is 24.8 Å². The topological polar surface area (TPSA) is 98.9 Å². The zero-order valence-corrected chi connectivity index (χ0v) is 16.4. The zero-order chi connectivity index (χ0) is 21.1. The minimum atomic E-state index is -1.39. The number of carbonyl (C=O) groups excluding carboxylic acids is 1. The van der Waals surface area contributed by atoms with Crippen LogP contribution in [0.4, 0.5) is 5.69 Å². The van der Waals surface area contributed by atoms with E-state index in [9.17, 15) is 20.0 Å². The molecule has 0 unspecified atom stereocenters. The average molecular weight is 409 g/mol. The van der Waals surface area contributed by atoms with Crippen molar-refractivity contribution >= 4 is 11.7 Å². The van der Waals surface area contributed by atoms with Gasteiger partial charge in [0.15, 0.2) is 0 Å². The summed E-state index contributed by atoms with van der Waals surface area (Å²) < 4.78 is 11.1. The van der Waals surface area contributed by atoms with E-state index in [2.05, 4.69) is 0 Å². The lowest BCUT2D eigenvalue weighted by Gasteiger charge is -2.46. The molecule has 2 aromatic rings. The fraction of sp³-hybridized carbons (Fsp3) is 0.348. The van der Waals surface area contributed by atoms with E-state index >= 15 is 0 Å². The van der Waals surface area contributed by atoms with Crippen LogP contribution in [0.2, 0.25) is 0 Å². The third-order valence-corrected chi connectivity index (χ3v) is 5.83. The molecular formula is C23H23NO6. The SMILES string of the molecule is O=C(OCc1ccc([N+](=O)[O-])cc1)C1=C[C@@H](c2ccccc2)[C@@H]2CCCC[C@@]2(O)O1. The highest BCUT2D eigenvalue weighted by Gasteiger charge is 2.49. The number of nitrogens with zero attached hydrogens (tertiary/aromatic N) is 1. The number of hydrogen-bond acceptors (Lipinski definition) is 6. The molecule has 0 saturated heterocycles. The van der Waals surface area contributed by atoms with Gasteiger partial charge in [0.25, 0.3) is 5.69 Å². The summed E-state index contributed by atoms with van der Waals surface area (Å²) in [4.78, 5) is 23.0. The molecule has 1 aliphatic heterocycles. The summed E-state index contributed by atoms with van der Waals surface area (Å²) >= 11 is 0. The lowest BCUT2D eigenvalue weighted by atomic mass is 9.71. The van der Waals surface area contributed by atoms with Crippen LogP contribution < -0.4 is 0 Å². The number of hydrogen-bond donors (Lipinski definition) is 1. The van der Waals surface area contributed by atoms with Crippen LogP contribution in [-0.4, -0.2) is 21.8 Å². The molecule has 4 rings (SSSR count). The van der Waals surface area contributed by atoms with Crippen LogP contribution >= 0.6 is 0 Å². The van der Waals surface area contributed by atoms with Crippen LogP contribution in [0.15, 0.2) is 66.4 Å². The first-order chi connectivity index (χ1) is 14.5. The summed E-state index contributed by atoms with van der Waals surface area (Å²) in [5, 5.41) is 21.9. The predicted molar refractivity (Wildman–Crippen MR) is 108 cm³/mol. The molecule has 2 aliphatic rings. The van der Waals surface area contributed by atoms with Gasteiger partial charge in [-0.1, -0.05) is 36.8 Å². The molecule has 7 nitrogen and oxygen atoms in total. The zero-order valence-electron chi connectivity index (χ0n) is 16.4. The molecule has 0 aromatic heterocycles. The summed E-state index contributed by atoms with van der Waals surface area (Å²) in [7, 11) is 0. The van der Waals surface area contributed by atoms with Gasteiger partial charge in [0, 0.05) is 30.4 Å². The Morgan fingerprint density at radius 1 is 1.17 bits per heavy atom. The Kier molecular flexibility index (Phi) is 5.55. The van der Waals surface area contributed by atoms with E-state index < -0.39 is 16.7 Å². The van der Waals surface area contributed by atoms with Crippen molar-refractivity contribution in [3.63, 3.8) is 0 Å². The Morgan fingerprint density at radius 3 is 2.60 bits per heavy atom. The number of fused-ring (bicyclic) bond motifs is 1. The van der Waals surface area contributed by atoms with E-state index in [1.165, 1.54) is 12.1 Å². The molecule has 2 aromatic carbocycles. The van der Waals surface area contributed by atoms with Gasteiger partial charge in [0.2, 0.25) is 11.5 Å². The van der Waals surface area contributed by atoms with Crippen molar-refractivity contribution in [3.05, 3.63) is 87.7 Å². The second kappa shape index (κ2) is 8.28. The summed E-state index contributed by atoms with van der Waals surface area (Å²) in [5.41, 5.74) is 1.62. The molecule has 0 amide bonds. The molecule has 0 spiro atoms. The summed E-state index contributed by atoms with van der Waals surface area (Å²) in [6.07, 6.45) is 4.87. The average Bonchev–Trinajstić information content (AvgIpc) is 2.77. The Balaban J connectivity index is 1.53. The van der Waals surface area contributed by atoms with Gasteiger partial charge >= 0.3 is 5.97 Å². The Hall–Kier alpha value is -3.19. The number of non-ortho nitro benzene ring substituents is 1. The van der Waals surface area contributed by atoms with Crippen LogP contribution in [0, 0.1) is 16.0 Å². The van der Waals surface area contributed by atoms with Crippen LogP contribution in [0.1, 0.15) is 42.7 Å². The minimum Gasteiger partial charge on any atom is -0.455 e. The molecule has 3 atom stereocenters. The predicted octanol–water partition coefficient (Wildman–Crippen LogP) is 4.21. The molecule has 30 heavy (non-hydrogen) atoms. The largest absolute Gasteiger partial charge is 0.455 e. The normalized spacial score (nSPS) is 25.4.